The van der Waals surface area contributed by atoms with Gasteiger partial charge in [-0.05, 0) is 55.3 Å². The van der Waals surface area contributed by atoms with Crippen molar-refractivity contribution in [3.63, 3.8) is 0 Å². The first-order valence-corrected chi connectivity index (χ1v) is 12.3. The number of ether oxygens (including phenoxy) is 3. The zero-order chi connectivity index (χ0) is 26.0. The van der Waals surface area contributed by atoms with Crippen LogP contribution in [0.4, 0.5) is 5.69 Å². The van der Waals surface area contributed by atoms with Gasteiger partial charge in [0.15, 0.2) is 16.3 Å². The quantitative estimate of drug-likeness (QED) is 0.458. The molecule has 1 aliphatic rings. The Bertz CT molecular complexity index is 1500. The number of allylic oxidation sites excluding steroid dienone is 1. The molecule has 0 aliphatic carbocycles. The predicted octanol–water partition coefficient (Wildman–Crippen LogP) is 2.88. The van der Waals surface area contributed by atoms with Crippen LogP contribution in [0, 0.1) is 0 Å². The van der Waals surface area contributed by atoms with Crippen molar-refractivity contribution in [1.29, 1.82) is 0 Å². The van der Waals surface area contributed by atoms with Crippen LogP contribution in [-0.2, 0) is 9.53 Å². The highest BCUT2D eigenvalue weighted by molar-refractivity contribution is 7.07. The van der Waals surface area contributed by atoms with Gasteiger partial charge in [0, 0.05) is 19.8 Å². The van der Waals surface area contributed by atoms with Crippen molar-refractivity contribution in [3.05, 3.63) is 84.5 Å². The number of benzene rings is 2. The van der Waals surface area contributed by atoms with Gasteiger partial charge in [0.05, 0.1) is 42.7 Å². The molecule has 1 aliphatic heterocycles. The highest BCUT2D eigenvalue weighted by Crippen LogP contribution is 2.32. The average molecular weight is 508 g/mol. The number of hydrogen-bond acceptors (Lipinski definition) is 8. The summed E-state index contributed by atoms with van der Waals surface area (Å²) in [5.74, 6) is 0.694. The van der Waals surface area contributed by atoms with E-state index in [-0.39, 0.29) is 12.2 Å². The summed E-state index contributed by atoms with van der Waals surface area (Å²) < 4.78 is 18.2. The number of carbonyl (C=O) groups excluding carboxylic acids is 1. The van der Waals surface area contributed by atoms with Crippen LogP contribution in [0.15, 0.2) is 63.5 Å². The van der Waals surface area contributed by atoms with E-state index in [1.54, 1.807) is 44.8 Å². The average Bonchev–Trinajstić information content (AvgIpc) is 3.17. The number of carbonyl (C=O) groups is 1. The van der Waals surface area contributed by atoms with Crippen LogP contribution in [0.3, 0.4) is 0 Å². The van der Waals surface area contributed by atoms with Crippen molar-refractivity contribution < 1.29 is 19.0 Å². The van der Waals surface area contributed by atoms with Crippen LogP contribution < -0.4 is 29.3 Å². The lowest BCUT2D eigenvalue weighted by Gasteiger charge is -2.25. The van der Waals surface area contributed by atoms with E-state index in [1.807, 2.05) is 55.4 Å². The molecule has 0 saturated carbocycles. The van der Waals surface area contributed by atoms with Gasteiger partial charge in [-0.25, -0.2) is 9.79 Å². The second-order valence-electron chi connectivity index (χ2n) is 8.40. The highest BCUT2D eigenvalue weighted by Gasteiger charge is 2.33. The monoisotopic (exact) mass is 507 g/mol. The van der Waals surface area contributed by atoms with Crippen LogP contribution >= 0.6 is 11.3 Å². The third-order valence-corrected chi connectivity index (χ3v) is 6.93. The standard InChI is InChI=1S/C27H29N3O5S/c1-7-35-26(32)23-16(2)28-27-30(24(23)18-9-11-19(12-10-18)29(3)4)25(31)22(36-27)15-17-8-13-20(33-5)21(14-17)34-6/h8-15,24H,7H2,1-6H3/t24-/m0/s1. The summed E-state index contributed by atoms with van der Waals surface area (Å²) in [6.45, 7) is 3.76. The molecule has 0 N–H and O–H groups in total. The first-order chi connectivity index (χ1) is 17.3. The van der Waals surface area contributed by atoms with Crippen molar-refractivity contribution in [1.82, 2.24) is 4.57 Å². The van der Waals surface area contributed by atoms with Crippen LogP contribution in [0.2, 0.25) is 0 Å². The lowest BCUT2D eigenvalue weighted by Crippen LogP contribution is -2.39. The molecule has 8 nitrogen and oxygen atoms in total. The lowest BCUT2D eigenvalue weighted by atomic mass is 9.95. The molecule has 0 radical (unpaired) electrons. The zero-order valence-corrected chi connectivity index (χ0v) is 22.0. The van der Waals surface area contributed by atoms with Crippen LogP contribution in [-0.4, -0.2) is 45.5 Å². The van der Waals surface area contributed by atoms with Gasteiger partial charge in [0.25, 0.3) is 5.56 Å². The summed E-state index contributed by atoms with van der Waals surface area (Å²) in [6.07, 6.45) is 1.79. The molecular weight excluding hydrogens is 478 g/mol. The lowest BCUT2D eigenvalue weighted by molar-refractivity contribution is -0.139. The van der Waals surface area contributed by atoms with Crippen molar-refractivity contribution in [2.24, 2.45) is 4.99 Å². The van der Waals surface area contributed by atoms with Gasteiger partial charge in [0.1, 0.15) is 0 Å². The number of aromatic nitrogens is 1. The highest BCUT2D eigenvalue weighted by atomic mass is 32.1. The molecule has 0 bridgehead atoms. The number of anilines is 1. The molecule has 0 saturated heterocycles. The fourth-order valence-corrected chi connectivity index (χ4v) is 5.20. The van der Waals surface area contributed by atoms with Gasteiger partial charge in [0.2, 0.25) is 0 Å². The van der Waals surface area contributed by atoms with E-state index < -0.39 is 12.0 Å². The van der Waals surface area contributed by atoms with Crippen molar-refractivity contribution in [2.75, 3.05) is 39.8 Å². The fraction of sp³-hybridized carbons (Fsp3) is 0.296. The molecule has 1 atom stereocenters. The second kappa shape index (κ2) is 10.4. The van der Waals surface area contributed by atoms with Gasteiger partial charge < -0.3 is 19.1 Å². The largest absolute Gasteiger partial charge is 0.493 e. The van der Waals surface area contributed by atoms with Crippen LogP contribution in [0.5, 0.6) is 11.5 Å². The molecule has 36 heavy (non-hydrogen) atoms. The van der Waals surface area contributed by atoms with Crippen LogP contribution in [0.1, 0.15) is 31.0 Å². The smallest absolute Gasteiger partial charge is 0.338 e. The molecule has 2 aromatic carbocycles. The number of fused-ring (bicyclic) bond motifs is 1. The van der Waals surface area contributed by atoms with E-state index >= 15 is 0 Å². The number of rotatable bonds is 7. The van der Waals surface area contributed by atoms with E-state index in [9.17, 15) is 9.59 Å². The summed E-state index contributed by atoms with van der Waals surface area (Å²) in [6, 6.07) is 12.6. The fourth-order valence-electron chi connectivity index (χ4n) is 4.16. The molecule has 188 valence electrons. The predicted molar refractivity (Wildman–Crippen MR) is 141 cm³/mol. The number of hydrogen-bond donors (Lipinski definition) is 0. The molecule has 9 heteroatoms. The first-order valence-electron chi connectivity index (χ1n) is 11.5. The van der Waals surface area contributed by atoms with Gasteiger partial charge >= 0.3 is 5.97 Å². The Kier molecular flexibility index (Phi) is 7.30. The zero-order valence-electron chi connectivity index (χ0n) is 21.2. The number of nitrogens with zero attached hydrogens (tertiary/aromatic N) is 3. The minimum atomic E-state index is -0.649. The van der Waals surface area contributed by atoms with Gasteiger partial charge in [-0.1, -0.05) is 29.5 Å². The van der Waals surface area contributed by atoms with E-state index in [1.165, 1.54) is 11.3 Å². The Morgan fingerprint density at radius 2 is 1.81 bits per heavy atom. The van der Waals surface area contributed by atoms with E-state index in [0.717, 1.165) is 16.8 Å². The molecule has 2 heterocycles. The van der Waals surface area contributed by atoms with E-state index in [2.05, 4.69) is 4.99 Å². The minimum absolute atomic E-state index is 0.228. The first kappa shape index (κ1) is 25.2. The molecule has 0 unspecified atom stereocenters. The summed E-state index contributed by atoms with van der Waals surface area (Å²) in [7, 11) is 7.06. The molecular formula is C27H29N3O5S. The van der Waals surface area contributed by atoms with Crippen LogP contribution in [0.25, 0.3) is 6.08 Å². The molecule has 4 rings (SSSR count). The van der Waals surface area contributed by atoms with Gasteiger partial charge in [-0.3, -0.25) is 9.36 Å². The topological polar surface area (TPSA) is 82.4 Å². The Balaban J connectivity index is 1.91. The third kappa shape index (κ3) is 4.66. The summed E-state index contributed by atoms with van der Waals surface area (Å²) >= 11 is 1.28. The summed E-state index contributed by atoms with van der Waals surface area (Å²) in [5.41, 5.74) is 3.26. The normalized spacial score (nSPS) is 15.3. The summed E-state index contributed by atoms with van der Waals surface area (Å²) in [4.78, 5) is 33.9. The maximum atomic E-state index is 13.7. The molecule has 0 spiro atoms. The molecule has 0 fully saturated rings. The number of esters is 1. The Hall–Kier alpha value is -3.85. The van der Waals surface area contributed by atoms with Crippen molar-refractivity contribution >= 4 is 29.1 Å². The molecule has 0 amide bonds. The SMILES string of the molecule is CCOC(=O)C1=C(C)N=c2sc(=Cc3ccc(OC)c(OC)c3)c(=O)n2[C@H]1c1ccc(N(C)C)cc1. The minimum Gasteiger partial charge on any atom is -0.493 e. The molecule has 3 aromatic rings. The number of methoxy groups -OCH3 is 2. The Labute approximate surface area is 213 Å². The Morgan fingerprint density at radius 1 is 1.11 bits per heavy atom. The van der Waals surface area contributed by atoms with E-state index in [0.29, 0.717) is 32.1 Å². The number of thiazole rings is 1. The third-order valence-electron chi connectivity index (χ3n) is 5.95. The molecule has 1 aromatic heterocycles. The maximum absolute atomic E-state index is 13.7. The summed E-state index contributed by atoms with van der Waals surface area (Å²) in [5, 5.41) is 0. The second-order valence-corrected chi connectivity index (χ2v) is 9.41. The van der Waals surface area contributed by atoms with Crippen molar-refractivity contribution in [3.8, 4) is 11.5 Å². The Morgan fingerprint density at radius 3 is 2.42 bits per heavy atom. The van der Waals surface area contributed by atoms with Gasteiger partial charge in [-0.15, -0.1) is 0 Å². The maximum Gasteiger partial charge on any atom is 0.338 e. The van der Waals surface area contributed by atoms with E-state index in [4.69, 9.17) is 14.2 Å². The van der Waals surface area contributed by atoms with Crippen molar-refractivity contribution in [2.45, 2.75) is 19.9 Å². The van der Waals surface area contributed by atoms with Gasteiger partial charge in [-0.2, -0.15) is 0 Å².